The van der Waals surface area contributed by atoms with E-state index in [0.29, 0.717) is 18.7 Å². The molecule has 2 aromatic heterocycles. The molecule has 1 fully saturated rings. The molecule has 7 nitrogen and oxygen atoms in total. The molecule has 0 radical (unpaired) electrons. The van der Waals surface area contributed by atoms with Crippen molar-refractivity contribution in [1.82, 2.24) is 19.5 Å². The van der Waals surface area contributed by atoms with Gasteiger partial charge in [-0.1, -0.05) is 0 Å². The van der Waals surface area contributed by atoms with Gasteiger partial charge in [-0.2, -0.15) is 9.61 Å². The highest BCUT2D eigenvalue weighted by Gasteiger charge is 2.25. The Morgan fingerprint density at radius 1 is 1.37 bits per heavy atom. The van der Waals surface area contributed by atoms with Gasteiger partial charge in [0.1, 0.15) is 0 Å². The van der Waals surface area contributed by atoms with Crippen molar-refractivity contribution in [3.05, 3.63) is 24.0 Å². The van der Waals surface area contributed by atoms with E-state index in [2.05, 4.69) is 10.1 Å². The third-order valence-electron chi connectivity index (χ3n) is 3.54. The van der Waals surface area contributed by atoms with E-state index in [-0.39, 0.29) is 11.8 Å². The van der Waals surface area contributed by atoms with Crippen LogP contribution in [-0.2, 0) is 0 Å². The molecule has 100 valence electrons. The van der Waals surface area contributed by atoms with E-state index < -0.39 is 6.09 Å². The van der Waals surface area contributed by atoms with E-state index in [1.54, 1.807) is 18.3 Å². The highest BCUT2D eigenvalue weighted by molar-refractivity contribution is 5.65. The van der Waals surface area contributed by atoms with Crippen LogP contribution in [0.2, 0.25) is 0 Å². The number of amides is 1. The summed E-state index contributed by atoms with van der Waals surface area (Å²) in [6, 6.07) is 3.34. The van der Waals surface area contributed by atoms with Crippen LogP contribution in [0, 0.1) is 0 Å². The monoisotopic (exact) mass is 262 g/mol. The topological polar surface area (TPSA) is 91.0 Å². The van der Waals surface area contributed by atoms with Crippen LogP contribution in [0.15, 0.2) is 18.3 Å². The first-order valence-corrected chi connectivity index (χ1v) is 6.16. The second-order valence-corrected chi connectivity index (χ2v) is 4.68. The van der Waals surface area contributed by atoms with Crippen LogP contribution in [-0.4, -0.2) is 48.9 Å². The van der Waals surface area contributed by atoms with Crippen LogP contribution >= 0.6 is 0 Å². The van der Waals surface area contributed by atoms with Gasteiger partial charge in [0.25, 0.3) is 0 Å². The minimum absolute atomic E-state index is 0.0608. The van der Waals surface area contributed by atoms with E-state index >= 15 is 0 Å². The van der Waals surface area contributed by atoms with Gasteiger partial charge in [-0.15, -0.1) is 0 Å². The van der Waals surface area contributed by atoms with Gasteiger partial charge in [-0.05, 0) is 12.8 Å². The molecule has 0 saturated carbocycles. The third kappa shape index (κ3) is 2.07. The Morgan fingerprint density at radius 2 is 2.11 bits per heavy atom. The number of hydrogen-bond acceptors (Lipinski definition) is 4. The van der Waals surface area contributed by atoms with Crippen molar-refractivity contribution in [2.75, 3.05) is 13.1 Å². The molecule has 0 spiro atoms. The Hall–Kier alpha value is -2.31. The number of piperidine rings is 1. The molecule has 1 aliphatic heterocycles. The number of carbonyl (C=O) groups is 1. The lowest BCUT2D eigenvalue weighted by Gasteiger charge is -2.29. The van der Waals surface area contributed by atoms with Crippen LogP contribution in [0.5, 0.6) is 5.88 Å². The van der Waals surface area contributed by atoms with Gasteiger partial charge in [-0.25, -0.2) is 9.78 Å². The van der Waals surface area contributed by atoms with Crippen molar-refractivity contribution in [2.24, 2.45) is 0 Å². The quantitative estimate of drug-likeness (QED) is 0.808. The zero-order valence-electron chi connectivity index (χ0n) is 10.2. The smallest absolute Gasteiger partial charge is 0.407 e. The molecule has 19 heavy (non-hydrogen) atoms. The number of hydrogen-bond donors (Lipinski definition) is 2. The molecule has 0 atom stereocenters. The predicted octanol–water partition coefficient (Wildman–Crippen LogP) is 1.29. The summed E-state index contributed by atoms with van der Waals surface area (Å²) in [5.74, 6) is 0.243. The lowest BCUT2D eigenvalue weighted by molar-refractivity contribution is 0.131. The second-order valence-electron chi connectivity index (χ2n) is 4.68. The second kappa shape index (κ2) is 4.42. The van der Waals surface area contributed by atoms with Crippen LogP contribution in [0.25, 0.3) is 5.65 Å². The predicted molar refractivity (Wildman–Crippen MR) is 66.2 cm³/mol. The number of fused-ring (bicyclic) bond motifs is 1. The molecule has 3 rings (SSSR count). The maximum atomic E-state index is 10.9. The Morgan fingerprint density at radius 3 is 2.79 bits per heavy atom. The largest absolute Gasteiger partial charge is 0.493 e. The van der Waals surface area contributed by atoms with Gasteiger partial charge >= 0.3 is 6.09 Å². The lowest BCUT2D eigenvalue weighted by Crippen LogP contribution is -2.37. The summed E-state index contributed by atoms with van der Waals surface area (Å²) in [5, 5.41) is 22.7. The number of nitrogens with zero attached hydrogens (tertiary/aromatic N) is 4. The molecule has 2 N–H and O–H groups in total. The van der Waals surface area contributed by atoms with Gasteiger partial charge in [0.05, 0.1) is 11.9 Å². The standard InChI is InChI=1S/C12H14N4O3/c17-11-7-9(14-10-1-4-13-16(10)11)8-2-5-15(6-3-8)12(18)19/h1,4,7-8,17H,2-3,5-6H2,(H,18,19). The van der Waals surface area contributed by atoms with Gasteiger partial charge in [0, 0.05) is 31.1 Å². The molecule has 3 heterocycles. The fraction of sp³-hybridized carbons (Fsp3) is 0.417. The molecule has 7 heteroatoms. The molecule has 0 aromatic carbocycles. The normalized spacial score (nSPS) is 16.9. The van der Waals surface area contributed by atoms with Gasteiger partial charge in [-0.3, -0.25) is 0 Å². The fourth-order valence-corrected chi connectivity index (χ4v) is 2.49. The first-order chi connectivity index (χ1) is 9.15. The summed E-state index contributed by atoms with van der Waals surface area (Å²) in [6.45, 7) is 1.01. The van der Waals surface area contributed by atoms with Crippen molar-refractivity contribution < 1.29 is 15.0 Å². The SMILES string of the molecule is O=C(O)N1CCC(c2cc(O)n3nccc3n2)CC1. The van der Waals surface area contributed by atoms with Gasteiger partial charge < -0.3 is 15.1 Å². The third-order valence-corrected chi connectivity index (χ3v) is 3.54. The van der Waals surface area contributed by atoms with E-state index in [0.717, 1.165) is 18.5 Å². The first kappa shape index (κ1) is 11.8. The van der Waals surface area contributed by atoms with Crippen molar-refractivity contribution in [1.29, 1.82) is 0 Å². The summed E-state index contributed by atoms with van der Waals surface area (Å²) in [4.78, 5) is 16.7. The molecular formula is C12H14N4O3. The number of rotatable bonds is 1. The molecule has 0 aliphatic carbocycles. The van der Waals surface area contributed by atoms with Crippen LogP contribution in [0.3, 0.4) is 0 Å². The molecular weight excluding hydrogens is 248 g/mol. The first-order valence-electron chi connectivity index (χ1n) is 6.16. The fourth-order valence-electron chi connectivity index (χ4n) is 2.49. The molecule has 1 saturated heterocycles. The van der Waals surface area contributed by atoms with E-state index in [4.69, 9.17) is 5.11 Å². The summed E-state index contributed by atoms with van der Waals surface area (Å²) < 4.78 is 1.37. The van der Waals surface area contributed by atoms with E-state index in [9.17, 15) is 9.90 Å². The lowest BCUT2D eigenvalue weighted by atomic mass is 9.93. The van der Waals surface area contributed by atoms with Gasteiger partial charge in [0.15, 0.2) is 5.65 Å². The molecule has 0 unspecified atom stereocenters. The van der Waals surface area contributed by atoms with E-state index in [1.165, 1.54) is 9.42 Å². The molecule has 2 aromatic rings. The average Bonchev–Trinajstić information content (AvgIpc) is 2.87. The maximum Gasteiger partial charge on any atom is 0.407 e. The number of aromatic nitrogens is 3. The van der Waals surface area contributed by atoms with Crippen LogP contribution in [0.4, 0.5) is 4.79 Å². The Kier molecular flexibility index (Phi) is 2.73. The summed E-state index contributed by atoms with van der Waals surface area (Å²) in [6.07, 6.45) is 2.16. The number of aromatic hydroxyl groups is 1. The Bertz CT molecular complexity index is 616. The molecule has 1 amide bonds. The van der Waals surface area contributed by atoms with Crippen LogP contribution in [0.1, 0.15) is 24.5 Å². The van der Waals surface area contributed by atoms with E-state index in [1.807, 2.05) is 0 Å². The Balaban J connectivity index is 1.83. The summed E-state index contributed by atoms with van der Waals surface area (Å²) >= 11 is 0. The zero-order valence-corrected chi connectivity index (χ0v) is 10.2. The molecule has 0 bridgehead atoms. The highest BCUT2D eigenvalue weighted by atomic mass is 16.4. The Labute approximate surface area is 109 Å². The summed E-state index contributed by atoms with van der Waals surface area (Å²) in [5.41, 5.74) is 1.41. The maximum absolute atomic E-state index is 10.9. The van der Waals surface area contributed by atoms with Crippen molar-refractivity contribution >= 4 is 11.7 Å². The highest BCUT2D eigenvalue weighted by Crippen LogP contribution is 2.29. The summed E-state index contributed by atoms with van der Waals surface area (Å²) in [7, 11) is 0. The minimum atomic E-state index is -0.875. The zero-order chi connectivity index (χ0) is 13.4. The van der Waals surface area contributed by atoms with Crippen LogP contribution < -0.4 is 0 Å². The van der Waals surface area contributed by atoms with Gasteiger partial charge in [0.2, 0.25) is 5.88 Å². The molecule has 1 aliphatic rings. The van der Waals surface area contributed by atoms with Crippen molar-refractivity contribution in [3.63, 3.8) is 0 Å². The van der Waals surface area contributed by atoms with Crippen molar-refractivity contribution in [2.45, 2.75) is 18.8 Å². The minimum Gasteiger partial charge on any atom is -0.493 e. The number of likely N-dealkylation sites (tertiary alicyclic amines) is 1. The average molecular weight is 262 g/mol. The number of carboxylic acid groups (broad SMARTS) is 1. The van der Waals surface area contributed by atoms with Crippen molar-refractivity contribution in [3.8, 4) is 5.88 Å².